The second-order valence-electron chi connectivity index (χ2n) is 5.29. The first-order chi connectivity index (χ1) is 11.7. The molecule has 0 N–H and O–H groups in total. The zero-order chi connectivity index (χ0) is 16.5. The number of halogens is 1. The van der Waals surface area contributed by atoms with Gasteiger partial charge < -0.3 is 4.40 Å². The predicted molar refractivity (Wildman–Crippen MR) is 84.4 cm³/mol. The van der Waals surface area contributed by atoms with Gasteiger partial charge in [-0.3, -0.25) is 0 Å². The Kier molecular flexibility index (Phi) is 3.28. The molecule has 0 fully saturated rings. The summed E-state index contributed by atoms with van der Waals surface area (Å²) in [5.41, 5.74) is 2.77. The maximum absolute atomic E-state index is 13.3. The molecule has 0 spiro atoms. The third-order valence-corrected chi connectivity index (χ3v) is 3.72. The minimum atomic E-state index is -0.352. The van der Waals surface area contributed by atoms with Crippen molar-refractivity contribution in [1.29, 1.82) is 5.26 Å². The van der Waals surface area contributed by atoms with Gasteiger partial charge in [0, 0.05) is 23.5 Å². The number of benzene rings is 1. The van der Waals surface area contributed by atoms with Crippen LogP contribution in [0.5, 0.6) is 0 Å². The van der Waals surface area contributed by atoms with Crippen LogP contribution in [0, 0.1) is 17.1 Å². The molecule has 1 aromatic carbocycles. The van der Waals surface area contributed by atoms with Crippen LogP contribution in [0.2, 0.25) is 0 Å². The first kappa shape index (κ1) is 14.1. The SMILES string of the molecule is N#Cc1c(Cn2nnc(-c3cccc(F)c3)n2)cn2ccccc12. The fourth-order valence-corrected chi connectivity index (χ4v) is 2.63. The van der Waals surface area contributed by atoms with Crippen molar-refractivity contribution in [3.8, 4) is 17.5 Å². The molecule has 4 rings (SSSR count). The maximum atomic E-state index is 13.3. The molecule has 0 bridgehead atoms. The van der Waals surface area contributed by atoms with Gasteiger partial charge in [-0.15, -0.1) is 10.2 Å². The average molecular weight is 318 g/mol. The Morgan fingerprint density at radius 1 is 1.17 bits per heavy atom. The van der Waals surface area contributed by atoms with Crippen molar-refractivity contribution in [3.05, 3.63) is 71.8 Å². The van der Waals surface area contributed by atoms with Crippen molar-refractivity contribution in [2.45, 2.75) is 6.54 Å². The zero-order valence-corrected chi connectivity index (χ0v) is 12.5. The summed E-state index contributed by atoms with van der Waals surface area (Å²) in [6.07, 6.45) is 3.76. The van der Waals surface area contributed by atoms with Crippen LogP contribution in [0.25, 0.3) is 16.9 Å². The average Bonchev–Trinajstić information content (AvgIpc) is 3.19. The van der Waals surface area contributed by atoms with Gasteiger partial charge in [-0.25, -0.2) is 4.39 Å². The minimum absolute atomic E-state index is 0.312. The normalized spacial score (nSPS) is 10.8. The molecule has 4 aromatic rings. The molecule has 3 heterocycles. The quantitative estimate of drug-likeness (QED) is 0.582. The molecule has 24 heavy (non-hydrogen) atoms. The van der Waals surface area contributed by atoms with E-state index in [1.165, 1.54) is 16.9 Å². The van der Waals surface area contributed by atoms with Crippen LogP contribution in [0.15, 0.2) is 54.9 Å². The van der Waals surface area contributed by atoms with Gasteiger partial charge in [-0.2, -0.15) is 10.1 Å². The lowest BCUT2D eigenvalue weighted by molar-refractivity contribution is 0.572. The Bertz CT molecular complexity index is 1070. The van der Waals surface area contributed by atoms with Gasteiger partial charge in [0.05, 0.1) is 17.6 Å². The molecule has 0 radical (unpaired) electrons. The standard InChI is InChI=1S/C17H11FN6/c18-14-5-3-4-12(8-14)17-20-22-24(21-17)11-13-10-23-7-2-1-6-16(23)15(13)9-19/h1-8,10H,11H2. The highest BCUT2D eigenvalue weighted by Crippen LogP contribution is 2.19. The van der Waals surface area contributed by atoms with Crippen molar-refractivity contribution in [1.82, 2.24) is 24.6 Å². The molecular formula is C17H11FN6. The van der Waals surface area contributed by atoms with Crippen LogP contribution in [-0.2, 0) is 6.54 Å². The van der Waals surface area contributed by atoms with E-state index in [1.807, 2.05) is 35.0 Å². The number of tetrazole rings is 1. The number of hydrogen-bond acceptors (Lipinski definition) is 4. The number of nitrogens with zero attached hydrogens (tertiary/aromatic N) is 6. The number of fused-ring (bicyclic) bond motifs is 1. The molecule has 7 heteroatoms. The Hall–Kier alpha value is -3.53. The summed E-state index contributed by atoms with van der Waals surface area (Å²) in [4.78, 5) is 1.40. The molecular weight excluding hydrogens is 307 g/mol. The molecule has 0 amide bonds. The maximum Gasteiger partial charge on any atom is 0.205 e. The Morgan fingerprint density at radius 3 is 2.92 bits per heavy atom. The van der Waals surface area contributed by atoms with Gasteiger partial charge in [0.15, 0.2) is 0 Å². The van der Waals surface area contributed by atoms with E-state index in [-0.39, 0.29) is 5.82 Å². The largest absolute Gasteiger partial charge is 0.322 e. The fraction of sp³-hybridized carbons (Fsp3) is 0.0588. The van der Waals surface area contributed by atoms with E-state index < -0.39 is 0 Å². The highest BCUT2D eigenvalue weighted by atomic mass is 19.1. The van der Waals surface area contributed by atoms with Crippen LogP contribution in [0.3, 0.4) is 0 Å². The summed E-state index contributed by atoms with van der Waals surface area (Å²) in [5, 5.41) is 21.7. The lowest BCUT2D eigenvalue weighted by Gasteiger charge is -1.97. The highest BCUT2D eigenvalue weighted by Gasteiger charge is 2.13. The van der Waals surface area contributed by atoms with Crippen molar-refractivity contribution in [3.63, 3.8) is 0 Å². The summed E-state index contributed by atoms with van der Waals surface area (Å²) < 4.78 is 15.2. The number of aromatic nitrogens is 5. The summed E-state index contributed by atoms with van der Waals surface area (Å²) in [6, 6.07) is 13.9. The fourth-order valence-electron chi connectivity index (χ4n) is 2.63. The van der Waals surface area contributed by atoms with E-state index in [0.717, 1.165) is 11.1 Å². The van der Waals surface area contributed by atoms with E-state index in [4.69, 9.17) is 0 Å². The van der Waals surface area contributed by atoms with Crippen molar-refractivity contribution in [2.24, 2.45) is 0 Å². The molecule has 0 saturated carbocycles. The van der Waals surface area contributed by atoms with E-state index >= 15 is 0 Å². The van der Waals surface area contributed by atoms with Crippen LogP contribution >= 0.6 is 0 Å². The van der Waals surface area contributed by atoms with Gasteiger partial charge in [0.1, 0.15) is 11.9 Å². The monoisotopic (exact) mass is 318 g/mol. The van der Waals surface area contributed by atoms with Gasteiger partial charge >= 0.3 is 0 Å². The number of rotatable bonds is 3. The lowest BCUT2D eigenvalue weighted by atomic mass is 10.2. The molecule has 0 aliphatic rings. The summed E-state index contributed by atoms with van der Waals surface area (Å²) in [5.74, 6) is -0.00827. The van der Waals surface area contributed by atoms with Crippen molar-refractivity contribution < 1.29 is 4.39 Å². The van der Waals surface area contributed by atoms with Crippen molar-refractivity contribution >= 4 is 5.52 Å². The molecule has 6 nitrogen and oxygen atoms in total. The number of pyridine rings is 1. The Morgan fingerprint density at radius 2 is 2.08 bits per heavy atom. The van der Waals surface area contributed by atoms with Crippen LogP contribution in [-0.4, -0.2) is 24.6 Å². The van der Waals surface area contributed by atoms with E-state index in [0.29, 0.717) is 23.5 Å². The number of hydrogen-bond donors (Lipinski definition) is 0. The molecule has 0 saturated heterocycles. The number of nitriles is 1. The molecule has 0 atom stereocenters. The third kappa shape index (κ3) is 2.40. The third-order valence-electron chi connectivity index (χ3n) is 3.72. The lowest BCUT2D eigenvalue weighted by Crippen LogP contribution is -2.04. The summed E-state index contributed by atoms with van der Waals surface area (Å²) >= 11 is 0. The minimum Gasteiger partial charge on any atom is -0.322 e. The van der Waals surface area contributed by atoms with Crippen LogP contribution in [0.4, 0.5) is 4.39 Å². The van der Waals surface area contributed by atoms with E-state index in [1.54, 1.807) is 12.1 Å². The Labute approximate surface area is 136 Å². The van der Waals surface area contributed by atoms with Crippen LogP contribution in [0.1, 0.15) is 11.1 Å². The van der Waals surface area contributed by atoms with Gasteiger partial charge in [-0.05, 0) is 29.5 Å². The second kappa shape index (κ2) is 5.59. The zero-order valence-electron chi connectivity index (χ0n) is 12.5. The molecule has 0 unspecified atom stereocenters. The molecule has 0 aliphatic carbocycles. The van der Waals surface area contributed by atoms with E-state index in [2.05, 4.69) is 21.5 Å². The second-order valence-corrected chi connectivity index (χ2v) is 5.29. The molecule has 0 aliphatic heterocycles. The highest BCUT2D eigenvalue weighted by molar-refractivity contribution is 5.65. The summed E-state index contributed by atoms with van der Waals surface area (Å²) in [7, 11) is 0. The molecule has 116 valence electrons. The topological polar surface area (TPSA) is 71.8 Å². The van der Waals surface area contributed by atoms with E-state index in [9.17, 15) is 9.65 Å². The summed E-state index contributed by atoms with van der Waals surface area (Å²) in [6.45, 7) is 0.312. The van der Waals surface area contributed by atoms with Crippen molar-refractivity contribution in [2.75, 3.05) is 0 Å². The predicted octanol–water partition coefficient (Wildman–Crippen LogP) is 2.65. The first-order valence-corrected chi connectivity index (χ1v) is 7.27. The van der Waals surface area contributed by atoms with Crippen LogP contribution < -0.4 is 0 Å². The van der Waals surface area contributed by atoms with Gasteiger partial charge in [0.25, 0.3) is 0 Å². The Balaban J connectivity index is 1.69. The first-order valence-electron chi connectivity index (χ1n) is 7.27. The van der Waals surface area contributed by atoms with Gasteiger partial charge in [-0.1, -0.05) is 18.2 Å². The smallest absolute Gasteiger partial charge is 0.205 e. The van der Waals surface area contributed by atoms with Gasteiger partial charge in [0.2, 0.25) is 5.82 Å². The molecule has 3 aromatic heterocycles.